The zero-order valence-electron chi connectivity index (χ0n) is 17.6. The first-order valence-electron chi connectivity index (χ1n) is 10.5. The first-order valence-corrected chi connectivity index (χ1v) is 10.5. The smallest absolute Gasteiger partial charge is 0.236 e. The van der Waals surface area contributed by atoms with E-state index in [2.05, 4.69) is 15.3 Å². The van der Waals surface area contributed by atoms with Gasteiger partial charge in [0.15, 0.2) is 0 Å². The quantitative estimate of drug-likeness (QED) is 0.411. The van der Waals surface area contributed by atoms with Crippen LogP contribution in [0.3, 0.4) is 0 Å². The molecule has 32 heavy (non-hydrogen) atoms. The molecule has 0 aliphatic rings. The SMILES string of the molecule is Cc1c(-c2cccc(NC(=O)C(c3ccccc3)c3ccccc3)c2)nc2ncccn12. The number of anilines is 1. The van der Waals surface area contributed by atoms with Gasteiger partial charge >= 0.3 is 0 Å². The number of amides is 1. The van der Waals surface area contributed by atoms with E-state index in [-0.39, 0.29) is 5.91 Å². The average Bonchev–Trinajstić information content (AvgIpc) is 3.17. The number of nitrogens with one attached hydrogen (secondary N) is 1. The van der Waals surface area contributed by atoms with Crippen molar-refractivity contribution < 1.29 is 4.79 Å². The van der Waals surface area contributed by atoms with Crippen LogP contribution >= 0.6 is 0 Å². The van der Waals surface area contributed by atoms with Gasteiger partial charge in [-0.25, -0.2) is 9.97 Å². The Kier molecular flexibility index (Phi) is 5.22. The largest absolute Gasteiger partial charge is 0.325 e. The third-order valence-electron chi connectivity index (χ3n) is 5.57. The van der Waals surface area contributed by atoms with Crippen LogP contribution in [0.1, 0.15) is 22.7 Å². The third kappa shape index (κ3) is 3.76. The molecule has 3 aromatic carbocycles. The summed E-state index contributed by atoms with van der Waals surface area (Å²) in [6, 6.07) is 29.4. The Balaban J connectivity index is 1.48. The van der Waals surface area contributed by atoms with Crippen molar-refractivity contribution >= 4 is 17.4 Å². The zero-order chi connectivity index (χ0) is 21.9. The Morgan fingerprint density at radius 3 is 2.22 bits per heavy atom. The number of carbonyl (C=O) groups is 1. The van der Waals surface area contributed by atoms with Crippen LogP contribution < -0.4 is 5.32 Å². The average molecular weight is 419 g/mol. The topological polar surface area (TPSA) is 59.3 Å². The molecule has 0 saturated heterocycles. The molecule has 5 rings (SSSR count). The molecule has 0 fully saturated rings. The summed E-state index contributed by atoms with van der Waals surface area (Å²) in [6.07, 6.45) is 3.68. The molecule has 0 aliphatic heterocycles. The standard InChI is InChI=1S/C27H22N4O/c1-19-25(30-27-28-16-9-17-31(19)27)22-14-8-15-23(18-22)29-26(32)24(20-10-4-2-5-11-20)21-12-6-3-7-13-21/h2-18,24H,1H3,(H,29,32). The van der Waals surface area contributed by atoms with Crippen molar-refractivity contribution in [1.82, 2.24) is 14.4 Å². The van der Waals surface area contributed by atoms with E-state index >= 15 is 0 Å². The van der Waals surface area contributed by atoms with Crippen LogP contribution in [-0.4, -0.2) is 20.3 Å². The first kappa shape index (κ1) is 19.7. The number of rotatable bonds is 5. The predicted octanol–water partition coefficient (Wildman–Crippen LogP) is 5.48. The number of hydrogen-bond donors (Lipinski definition) is 1. The Morgan fingerprint density at radius 2 is 1.56 bits per heavy atom. The molecule has 5 heteroatoms. The van der Waals surface area contributed by atoms with E-state index in [9.17, 15) is 4.79 Å². The molecule has 0 unspecified atom stereocenters. The van der Waals surface area contributed by atoms with Crippen LogP contribution in [0.2, 0.25) is 0 Å². The fourth-order valence-electron chi connectivity index (χ4n) is 4.02. The molecule has 0 saturated carbocycles. The number of benzene rings is 3. The molecule has 0 spiro atoms. The van der Waals surface area contributed by atoms with Crippen LogP contribution in [0.25, 0.3) is 17.0 Å². The van der Waals surface area contributed by atoms with E-state index in [0.29, 0.717) is 5.78 Å². The third-order valence-corrected chi connectivity index (χ3v) is 5.57. The maximum atomic E-state index is 13.4. The normalized spacial score (nSPS) is 11.1. The molecule has 156 valence electrons. The molecule has 2 heterocycles. The molecule has 0 bridgehead atoms. The van der Waals surface area contributed by atoms with Crippen molar-refractivity contribution in [3.05, 3.63) is 120 Å². The van der Waals surface area contributed by atoms with Gasteiger partial charge < -0.3 is 5.32 Å². The van der Waals surface area contributed by atoms with Crippen molar-refractivity contribution in [3.63, 3.8) is 0 Å². The van der Waals surface area contributed by atoms with Gasteiger partial charge in [-0.2, -0.15) is 0 Å². The summed E-state index contributed by atoms with van der Waals surface area (Å²) in [4.78, 5) is 22.4. The summed E-state index contributed by atoms with van der Waals surface area (Å²) in [5, 5.41) is 3.11. The van der Waals surface area contributed by atoms with Gasteiger partial charge in [0.2, 0.25) is 11.7 Å². The van der Waals surface area contributed by atoms with E-state index in [4.69, 9.17) is 0 Å². The molecular weight excluding hydrogens is 396 g/mol. The highest BCUT2D eigenvalue weighted by atomic mass is 16.1. The van der Waals surface area contributed by atoms with Crippen molar-refractivity contribution in [2.45, 2.75) is 12.8 Å². The van der Waals surface area contributed by atoms with Gasteiger partial charge in [-0.1, -0.05) is 72.8 Å². The van der Waals surface area contributed by atoms with Crippen LogP contribution in [-0.2, 0) is 4.79 Å². The summed E-state index contributed by atoms with van der Waals surface area (Å²) < 4.78 is 1.96. The monoisotopic (exact) mass is 418 g/mol. The molecule has 2 aromatic heterocycles. The minimum absolute atomic E-state index is 0.0760. The van der Waals surface area contributed by atoms with Crippen LogP contribution in [0.4, 0.5) is 5.69 Å². The molecule has 0 atom stereocenters. The van der Waals surface area contributed by atoms with E-state index in [0.717, 1.165) is 33.8 Å². The zero-order valence-corrected chi connectivity index (χ0v) is 17.6. The number of aromatic nitrogens is 3. The number of nitrogens with zero attached hydrogens (tertiary/aromatic N) is 3. The van der Waals surface area contributed by atoms with Crippen molar-refractivity contribution in [3.8, 4) is 11.3 Å². The van der Waals surface area contributed by atoms with Gasteiger partial charge in [-0.05, 0) is 36.2 Å². The van der Waals surface area contributed by atoms with Gasteiger partial charge in [0.1, 0.15) is 0 Å². The van der Waals surface area contributed by atoms with Gasteiger partial charge in [0.25, 0.3) is 0 Å². The second-order valence-corrected chi connectivity index (χ2v) is 7.66. The Hall–Kier alpha value is -4.25. The lowest BCUT2D eigenvalue weighted by molar-refractivity contribution is -0.116. The van der Waals surface area contributed by atoms with Gasteiger partial charge in [0, 0.05) is 29.3 Å². The molecule has 5 nitrogen and oxygen atoms in total. The van der Waals surface area contributed by atoms with Crippen molar-refractivity contribution in [2.24, 2.45) is 0 Å². The lowest BCUT2D eigenvalue weighted by atomic mass is 9.90. The summed E-state index contributed by atoms with van der Waals surface area (Å²) in [5.74, 6) is 0.179. The van der Waals surface area contributed by atoms with Crippen LogP contribution in [0, 0.1) is 6.92 Å². The first-order chi connectivity index (χ1) is 15.7. The van der Waals surface area contributed by atoms with Gasteiger partial charge in [0.05, 0.1) is 11.6 Å². The molecular formula is C27H22N4O. The van der Waals surface area contributed by atoms with E-state index < -0.39 is 5.92 Å². The highest BCUT2D eigenvalue weighted by molar-refractivity contribution is 5.98. The molecule has 1 N–H and O–H groups in total. The number of imidazole rings is 1. The van der Waals surface area contributed by atoms with E-state index in [1.165, 1.54) is 0 Å². The second-order valence-electron chi connectivity index (χ2n) is 7.66. The maximum absolute atomic E-state index is 13.4. The lowest BCUT2D eigenvalue weighted by Crippen LogP contribution is -2.22. The van der Waals surface area contributed by atoms with E-state index in [1.807, 2.05) is 109 Å². The maximum Gasteiger partial charge on any atom is 0.236 e. The van der Waals surface area contributed by atoms with Crippen LogP contribution in [0.15, 0.2) is 103 Å². The second kappa shape index (κ2) is 8.47. The summed E-state index contributed by atoms with van der Waals surface area (Å²) in [7, 11) is 0. The number of aryl methyl sites for hydroxylation is 1. The summed E-state index contributed by atoms with van der Waals surface area (Å²) >= 11 is 0. The Morgan fingerprint density at radius 1 is 0.875 bits per heavy atom. The molecule has 0 aliphatic carbocycles. The highest BCUT2D eigenvalue weighted by Crippen LogP contribution is 2.29. The number of fused-ring (bicyclic) bond motifs is 1. The minimum atomic E-state index is -0.401. The fourth-order valence-corrected chi connectivity index (χ4v) is 4.02. The fraction of sp³-hybridized carbons (Fsp3) is 0.0741. The molecule has 1 amide bonds. The Labute approximate surface area is 186 Å². The van der Waals surface area contributed by atoms with Crippen molar-refractivity contribution in [1.29, 1.82) is 0 Å². The van der Waals surface area contributed by atoms with Crippen molar-refractivity contribution in [2.75, 3.05) is 5.32 Å². The molecule has 0 radical (unpaired) electrons. The summed E-state index contributed by atoms with van der Waals surface area (Å²) in [5.41, 5.74) is 5.42. The Bertz CT molecular complexity index is 1340. The highest BCUT2D eigenvalue weighted by Gasteiger charge is 2.23. The predicted molar refractivity (Wildman–Crippen MR) is 127 cm³/mol. The lowest BCUT2D eigenvalue weighted by Gasteiger charge is -2.18. The van der Waals surface area contributed by atoms with Crippen LogP contribution in [0.5, 0.6) is 0 Å². The van der Waals surface area contributed by atoms with Gasteiger partial charge in [-0.3, -0.25) is 9.20 Å². The summed E-state index contributed by atoms with van der Waals surface area (Å²) in [6.45, 7) is 2.02. The minimum Gasteiger partial charge on any atom is -0.325 e. The van der Waals surface area contributed by atoms with E-state index in [1.54, 1.807) is 6.20 Å². The number of hydrogen-bond acceptors (Lipinski definition) is 3. The molecule has 5 aromatic rings. The van der Waals surface area contributed by atoms with Gasteiger partial charge in [-0.15, -0.1) is 0 Å². The number of carbonyl (C=O) groups excluding carboxylic acids is 1.